The average Bonchev–Trinajstić information content (AvgIpc) is 2.33. The van der Waals surface area contributed by atoms with Crippen molar-refractivity contribution in [1.29, 1.82) is 0 Å². The molecule has 17 heavy (non-hydrogen) atoms. The van der Waals surface area contributed by atoms with Gasteiger partial charge in [0, 0.05) is 18.7 Å². The van der Waals surface area contributed by atoms with Crippen molar-refractivity contribution in [3.8, 4) is 0 Å². The summed E-state index contributed by atoms with van der Waals surface area (Å²) in [4.78, 5) is 10.5. The maximum Gasteiger partial charge on any atom is 0.293 e. The summed E-state index contributed by atoms with van der Waals surface area (Å²) in [6, 6.07) is 4.91. The lowest BCUT2D eigenvalue weighted by molar-refractivity contribution is -0.384. The first kappa shape index (κ1) is 12.1. The van der Waals surface area contributed by atoms with Crippen LogP contribution in [0.2, 0.25) is 5.02 Å². The van der Waals surface area contributed by atoms with Gasteiger partial charge in [0.15, 0.2) is 0 Å². The van der Waals surface area contributed by atoms with E-state index >= 15 is 0 Å². The Labute approximate surface area is 104 Å². The number of piperidine rings is 1. The SMILES string of the molecule is O=[N+]([O-])c1cccc(Cl)c1NC1CCCNC1. The fourth-order valence-electron chi connectivity index (χ4n) is 1.99. The number of benzene rings is 1. The van der Waals surface area contributed by atoms with Crippen molar-refractivity contribution in [3.63, 3.8) is 0 Å². The summed E-state index contributed by atoms with van der Waals surface area (Å²) in [5.41, 5.74) is 0.455. The highest BCUT2D eigenvalue weighted by Crippen LogP contribution is 2.32. The lowest BCUT2D eigenvalue weighted by Gasteiger charge is -2.25. The van der Waals surface area contributed by atoms with E-state index in [-0.39, 0.29) is 11.7 Å². The number of nitro groups is 1. The Morgan fingerprint density at radius 3 is 3.00 bits per heavy atom. The lowest BCUT2D eigenvalue weighted by Crippen LogP contribution is -2.38. The molecule has 0 aliphatic carbocycles. The molecule has 1 aromatic carbocycles. The summed E-state index contributed by atoms with van der Waals surface area (Å²) in [7, 11) is 0. The fourth-order valence-corrected chi connectivity index (χ4v) is 2.21. The van der Waals surface area contributed by atoms with Crippen molar-refractivity contribution < 1.29 is 4.92 Å². The van der Waals surface area contributed by atoms with E-state index in [0.29, 0.717) is 10.7 Å². The molecule has 5 nitrogen and oxygen atoms in total. The van der Waals surface area contributed by atoms with Crippen LogP contribution in [0.5, 0.6) is 0 Å². The Bertz CT molecular complexity index is 419. The summed E-state index contributed by atoms with van der Waals surface area (Å²) < 4.78 is 0. The average molecular weight is 256 g/mol. The standard InChI is InChI=1S/C11H14ClN3O2/c12-9-4-1-5-10(15(16)17)11(9)14-8-3-2-6-13-7-8/h1,4-5,8,13-14H,2-3,6-7H2. The molecule has 6 heteroatoms. The van der Waals surface area contributed by atoms with E-state index in [1.165, 1.54) is 6.07 Å². The summed E-state index contributed by atoms with van der Waals surface area (Å²) in [6.07, 6.45) is 2.06. The number of halogens is 1. The van der Waals surface area contributed by atoms with E-state index < -0.39 is 4.92 Å². The molecule has 1 atom stereocenters. The largest absolute Gasteiger partial charge is 0.374 e. The minimum absolute atomic E-state index is 0.0306. The number of nitro benzene ring substituents is 1. The number of hydrogen-bond donors (Lipinski definition) is 2. The number of para-hydroxylation sites is 1. The third-order valence-electron chi connectivity index (χ3n) is 2.83. The zero-order chi connectivity index (χ0) is 12.3. The lowest BCUT2D eigenvalue weighted by atomic mass is 10.1. The molecule has 92 valence electrons. The number of rotatable bonds is 3. The highest BCUT2D eigenvalue weighted by molar-refractivity contribution is 6.33. The Balaban J connectivity index is 2.21. The van der Waals surface area contributed by atoms with Crippen LogP contribution in [0.4, 0.5) is 11.4 Å². The van der Waals surface area contributed by atoms with Gasteiger partial charge in [-0.1, -0.05) is 17.7 Å². The smallest absolute Gasteiger partial charge is 0.293 e. The third kappa shape index (κ3) is 2.87. The van der Waals surface area contributed by atoms with Crippen LogP contribution in [0.1, 0.15) is 12.8 Å². The first-order chi connectivity index (χ1) is 8.18. The fraction of sp³-hybridized carbons (Fsp3) is 0.455. The Morgan fingerprint density at radius 1 is 1.53 bits per heavy atom. The van der Waals surface area contributed by atoms with E-state index in [2.05, 4.69) is 10.6 Å². The van der Waals surface area contributed by atoms with Crippen molar-refractivity contribution in [2.45, 2.75) is 18.9 Å². The van der Waals surface area contributed by atoms with Crippen LogP contribution in [0.15, 0.2) is 18.2 Å². The van der Waals surface area contributed by atoms with E-state index in [0.717, 1.165) is 25.9 Å². The summed E-state index contributed by atoms with van der Waals surface area (Å²) >= 11 is 6.01. The molecule has 2 N–H and O–H groups in total. The molecule has 0 bridgehead atoms. The molecule has 1 fully saturated rings. The summed E-state index contributed by atoms with van der Waals surface area (Å²) in [6.45, 7) is 1.81. The molecule has 2 rings (SSSR count). The van der Waals surface area contributed by atoms with Crippen molar-refractivity contribution >= 4 is 23.0 Å². The maximum atomic E-state index is 10.9. The van der Waals surface area contributed by atoms with Gasteiger partial charge in [-0.2, -0.15) is 0 Å². The highest BCUT2D eigenvalue weighted by atomic mass is 35.5. The molecule has 0 spiro atoms. The van der Waals surface area contributed by atoms with Crippen LogP contribution in [0.3, 0.4) is 0 Å². The first-order valence-electron chi connectivity index (χ1n) is 5.58. The van der Waals surface area contributed by atoms with Crippen LogP contribution in [0, 0.1) is 10.1 Å². The molecule has 0 amide bonds. The topological polar surface area (TPSA) is 67.2 Å². The molecule has 0 radical (unpaired) electrons. The number of nitrogens with one attached hydrogen (secondary N) is 2. The van der Waals surface area contributed by atoms with Gasteiger partial charge in [-0.15, -0.1) is 0 Å². The predicted molar refractivity (Wildman–Crippen MR) is 67.6 cm³/mol. The Morgan fingerprint density at radius 2 is 2.35 bits per heavy atom. The minimum atomic E-state index is -0.412. The van der Waals surface area contributed by atoms with Crippen LogP contribution in [-0.2, 0) is 0 Å². The zero-order valence-electron chi connectivity index (χ0n) is 9.28. The molecule has 1 aromatic rings. The minimum Gasteiger partial charge on any atom is -0.374 e. The molecule has 1 aliphatic rings. The first-order valence-corrected chi connectivity index (χ1v) is 5.96. The number of nitrogens with zero attached hydrogens (tertiary/aromatic N) is 1. The zero-order valence-corrected chi connectivity index (χ0v) is 10.0. The van der Waals surface area contributed by atoms with Gasteiger partial charge < -0.3 is 10.6 Å². The Kier molecular flexibility index (Phi) is 3.81. The second kappa shape index (κ2) is 5.33. The molecule has 1 heterocycles. The Hall–Kier alpha value is -1.33. The molecular formula is C11H14ClN3O2. The third-order valence-corrected chi connectivity index (χ3v) is 3.15. The van der Waals surface area contributed by atoms with Gasteiger partial charge in [-0.25, -0.2) is 0 Å². The van der Waals surface area contributed by atoms with Crippen LogP contribution in [-0.4, -0.2) is 24.1 Å². The molecule has 1 aliphatic heterocycles. The molecular weight excluding hydrogens is 242 g/mol. The van der Waals surface area contributed by atoms with Gasteiger partial charge in [-0.05, 0) is 25.5 Å². The normalized spacial score (nSPS) is 19.9. The highest BCUT2D eigenvalue weighted by Gasteiger charge is 2.20. The van der Waals surface area contributed by atoms with Crippen molar-refractivity contribution in [3.05, 3.63) is 33.3 Å². The van der Waals surface area contributed by atoms with Crippen molar-refractivity contribution in [1.82, 2.24) is 5.32 Å². The maximum absolute atomic E-state index is 10.9. The molecule has 1 saturated heterocycles. The van der Waals surface area contributed by atoms with E-state index in [4.69, 9.17) is 11.6 Å². The molecule has 0 aromatic heterocycles. The van der Waals surface area contributed by atoms with Gasteiger partial charge >= 0.3 is 0 Å². The van der Waals surface area contributed by atoms with E-state index in [1.807, 2.05) is 0 Å². The van der Waals surface area contributed by atoms with Gasteiger partial charge in [0.1, 0.15) is 5.69 Å². The molecule has 1 unspecified atom stereocenters. The summed E-state index contributed by atoms with van der Waals surface area (Å²) in [5.74, 6) is 0. The van der Waals surface area contributed by atoms with Crippen molar-refractivity contribution in [2.75, 3.05) is 18.4 Å². The van der Waals surface area contributed by atoms with Crippen LogP contribution in [0.25, 0.3) is 0 Å². The van der Waals surface area contributed by atoms with Crippen LogP contribution >= 0.6 is 11.6 Å². The second-order valence-corrected chi connectivity index (χ2v) is 4.49. The predicted octanol–water partition coefficient (Wildman–Crippen LogP) is 2.41. The number of anilines is 1. The van der Waals surface area contributed by atoms with Gasteiger partial charge in [0.05, 0.1) is 9.95 Å². The van der Waals surface area contributed by atoms with Gasteiger partial charge in [-0.3, -0.25) is 10.1 Å². The van der Waals surface area contributed by atoms with Gasteiger partial charge in [0.2, 0.25) is 0 Å². The second-order valence-electron chi connectivity index (χ2n) is 4.08. The quantitative estimate of drug-likeness (QED) is 0.643. The van der Waals surface area contributed by atoms with E-state index in [9.17, 15) is 10.1 Å². The monoisotopic (exact) mass is 255 g/mol. The summed E-state index contributed by atoms with van der Waals surface area (Å²) in [5, 5.41) is 17.7. The van der Waals surface area contributed by atoms with Crippen LogP contribution < -0.4 is 10.6 Å². The van der Waals surface area contributed by atoms with Crippen molar-refractivity contribution in [2.24, 2.45) is 0 Å². The van der Waals surface area contributed by atoms with Gasteiger partial charge in [0.25, 0.3) is 5.69 Å². The molecule has 0 saturated carbocycles. The number of hydrogen-bond acceptors (Lipinski definition) is 4. The van der Waals surface area contributed by atoms with E-state index in [1.54, 1.807) is 12.1 Å².